The van der Waals surface area contributed by atoms with E-state index in [2.05, 4.69) is 92.4 Å². The Morgan fingerprint density at radius 2 is 1.71 bits per heavy atom. The van der Waals surface area contributed by atoms with Gasteiger partial charge < -0.3 is 0 Å². The first-order chi connectivity index (χ1) is 13.7. The van der Waals surface area contributed by atoms with Crippen molar-refractivity contribution in [2.75, 3.05) is 0 Å². The van der Waals surface area contributed by atoms with Crippen molar-refractivity contribution < 1.29 is 0 Å². The summed E-state index contributed by atoms with van der Waals surface area (Å²) in [5.74, 6) is 6.95. The van der Waals surface area contributed by atoms with Crippen LogP contribution in [0.15, 0.2) is 72.8 Å². The summed E-state index contributed by atoms with van der Waals surface area (Å²) in [5.41, 5.74) is 4.51. The van der Waals surface area contributed by atoms with E-state index < -0.39 is 0 Å². The molecule has 1 aliphatic rings. The number of aryl methyl sites for hydroxylation is 1. The lowest BCUT2D eigenvalue weighted by molar-refractivity contribution is 0.457. The van der Waals surface area contributed by atoms with Crippen molar-refractivity contribution in [1.82, 2.24) is 0 Å². The predicted octanol–water partition coefficient (Wildman–Crippen LogP) is 7.43. The van der Waals surface area contributed by atoms with Crippen LogP contribution in [0.1, 0.15) is 56.2 Å². The molecule has 0 radical (unpaired) electrons. The first-order valence-electron chi connectivity index (χ1n) is 10.4. The van der Waals surface area contributed by atoms with Crippen molar-refractivity contribution in [2.24, 2.45) is 5.41 Å². The molecule has 0 N–H and O–H groups in total. The van der Waals surface area contributed by atoms with Crippen LogP contribution in [0, 0.1) is 17.3 Å². The largest absolute Gasteiger partial charge is 0.116 e. The van der Waals surface area contributed by atoms with Crippen molar-refractivity contribution in [2.45, 2.75) is 51.3 Å². The van der Waals surface area contributed by atoms with Crippen LogP contribution in [-0.4, -0.2) is 5.38 Å². The highest BCUT2D eigenvalue weighted by Crippen LogP contribution is 2.40. The Morgan fingerprint density at radius 3 is 2.36 bits per heavy atom. The fraction of sp³-hybridized carbons (Fsp3) is 0.333. The average Bonchev–Trinajstić information content (AvgIpc) is 2.74. The Kier molecular flexibility index (Phi) is 7.18. The number of hydrogen-bond donors (Lipinski definition) is 0. The molecule has 0 bridgehead atoms. The van der Waals surface area contributed by atoms with E-state index in [1.807, 2.05) is 6.07 Å². The van der Waals surface area contributed by atoms with Crippen molar-refractivity contribution >= 4 is 17.2 Å². The van der Waals surface area contributed by atoms with Gasteiger partial charge in [0.15, 0.2) is 0 Å². The first kappa shape index (κ1) is 20.5. The van der Waals surface area contributed by atoms with Gasteiger partial charge in [-0.15, -0.1) is 11.6 Å². The van der Waals surface area contributed by atoms with E-state index >= 15 is 0 Å². The van der Waals surface area contributed by atoms with Gasteiger partial charge in [0.2, 0.25) is 0 Å². The van der Waals surface area contributed by atoms with Crippen LogP contribution in [0.4, 0.5) is 0 Å². The molecule has 0 nitrogen and oxygen atoms in total. The molecule has 144 valence electrons. The molecule has 1 aliphatic carbocycles. The fourth-order valence-electron chi connectivity index (χ4n) is 3.61. The second-order valence-electron chi connectivity index (χ2n) is 7.56. The quantitative estimate of drug-likeness (QED) is 0.356. The van der Waals surface area contributed by atoms with Gasteiger partial charge in [-0.3, -0.25) is 0 Å². The molecule has 0 spiro atoms. The Hall–Kier alpha value is -2.23. The lowest BCUT2D eigenvalue weighted by Gasteiger charge is -2.32. The summed E-state index contributed by atoms with van der Waals surface area (Å²) in [4.78, 5) is 0. The van der Waals surface area contributed by atoms with Gasteiger partial charge in [0, 0.05) is 5.56 Å². The highest BCUT2D eigenvalue weighted by Gasteiger charge is 2.34. The van der Waals surface area contributed by atoms with Gasteiger partial charge in [-0.25, -0.2) is 0 Å². The van der Waals surface area contributed by atoms with Gasteiger partial charge in [-0.1, -0.05) is 106 Å². The fourth-order valence-corrected chi connectivity index (χ4v) is 3.98. The van der Waals surface area contributed by atoms with Crippen molar-refractivity contribution in [3.63, 3.8) is 0 Å². The third-order valence-electron chi connectivity index (χ3n) is 5.36. The molecule has 2 atom stereocenters. The summed E-state index contributed by atoms with van der Waals surface area (Å²) in [6.45, 7) is 4.42. The molecule has 2 aromatic rings. The molecule has 28 heavy (non-hydrogen) atoms. The maximum Gasteiger partial charge on any atom is 0.0726 e. The summed E-state index contributed by atoms with van der Waals surface area (Å²) >= 11 is 6.92. The van der Waals surface area contributed by atoms with Gasteiger partial charge in [0.1, 0.15) is 0 Å². The molecule has 0 aromatic heterocycles. The summed E-state index contributed by atoms with van der Waals surface area (Å²) in [6.07, 6.45) is 12.1. The van der Waals surface area contributed by atoms with E-state index in [0.717, 1.165) is 31.2 Å². The lowest BCUT2D eigenvalue weighted by Crippen LogP contribution is -2.29. The summed E-state index contributed by atoms with van der Waals surface area (Å²) in [7, 11) is 0. The molecule has 0 fully saturated rings. The van der Waals surface area contributed by atoms with Crippen LogP contribution in [-0.2, 0) is 6.42 Å². The van der Waals surface area contributed by atoms with E-state index in [0.29, 0.717) is 0 Å². The van der Waals surface area contributed by atoms with Crippen LogP contribution in [0.5, 0.6) is 0 Å². The molecule has 2 aromatic carbocycles. The third kappa shape index (κ3) is 4.98. The van der Waals surface area contributed by atoms with E-state index in [9.17, 15) is 0 Å². The molecule has 0 heterocycles. The molecule has 2 unspecified atom stereocenters. The molecule has 0 saturated carbocycles. The van der Waals surface area contributed by atoms with Gasteiger partial charge in [0.05, 0.1) is 10.8 Å². The van der Waals surface area contributed by atoms with Crippen LogP contribution in [0.25, 0.3) is 5.57 Å². The minimum Gasteiger partial charge on any atom is -0.116 e. The van der Waals surface area contributed by atoms with Crippen LogP contribution in [0.3, 0.4) is 0 Å². The molecule has 1 heteroatoms. The maximum atomic E-state index is 6.92. The van der Waals surface area contributed by atoms with E-state index in [4.69, 9.17) is 11.6 Å². The molecule has 0 saturated heterocycles. The molecular formula is C27H29Cl. The molecule has 3 rings (SSSR count). The van der Waals surface area contributed by atoms with Crippen LogP contribution < -0.4 is 0 Å². The number of alkyl halides is 1. The standard InChI is InChI=1S/C27H29Cl/c1-3-5-18-27(19-16-23-14-12-22(9-4-2)13-15-23)20-17-25(21-26(27)28)24-10-7-6-8-11-24/h6-8,10-15,17,20-21,26H,3-5,9,18H2,1-2H3. The number of benzene rings is 2. The van der Waals surface area contributed by atoms with Gasteiger partial charge in [-0.05, 0) is 41.7 Å². The predicted molar refractivity (Wildman–Crippen MR) is 122 cm³/mol. The number of hydrogen-bond acceptors (Lipinski definition) is 0. The molecular weight excluding hydrogens is 360 g/mol. The minimum atomic E-state index is -0.308. The van der Waals surface area contributed by atoms with Crippen LogP contribution >= 0.6 is 11.6 Å². The second kappa shape index (κ2) is 9.81. The zero-order valence-corrected chi connectivity index (χ0v) is 17.7. The minimum absolute atomic E-state index is 0.133. The smallest absolute Gasteiger partial charge is 0.0726 e. The first-order valence-corrected chi connectivity index (χ1v) is 10.8. The number of rotatable bonds is 6. The van der Waals surface area contributed by atoms with Crippen LogP contribution in [0.2, 0.25) is 0 Å². The number of unbranched alkanes of at least 4 members (excludes halogenated alkanes) is 1. The molecule has 0 aliphatic heterocycles. The maximum absolute atomic E-state index is 6.92. The summed E-state index contributed by atoms with van der Waals surface area (Å²) < 4.78 is 0. The zero-order valence-electron chi connectivity index (χ0n) is 16.9. The van der Waals surface area contributed by atoms with Crippen molar-refractivity contribution in [3.05, 3.63) is 89.5 Å². The van der Waals surface area contributed by atoms with Gasteiger partial charge in [0.25, 0.3) is 0 Å². The zero-order chi connectivity index (χ0) is 19.8. The number of halogens is 1. The Labute approximate surface area is 175 Å². The summed E-state index contributed by atoms with van der Waals surface area (Å²) in [5, 5.41) is -0.133. The Bertz CT molecular complexity index is 877. The van der Waals surface area contributed by atoms with Crippen molar-refractivity contribution in [3.8, 4) is 11.8 Å². The SMILES string of the molecule is CCCCC1(C#Cc2ccc(CCC)cc2)C=CC(c2ccccc2)=CC1Cl. The Balaban J connectivity index is 1.86. The second-order valence-corrected chi connectivity index (χ2v) is 8.03. The highest BCUT2D eigenvalue weighted by molar-refractivity contribution is 6.23. The normalized spacial score (nSPS) is 21.0. The van der Waals surface area contributed by atoms with Gasteiger partial charge in [-0.2, -0.15) is 0 Å². The highest BCUT2D eigenvalue weighted by atomic mass is 35.5. The van der Waals surface area contributed by atoms with Gasteiger partial charge >= 0.3 is 0 Å². The van der Waals surface area contributed by atoms with E-state index in [1.54, 1.807) is 0 Å². The van der Waals surface area contributed by atoms with E-state index in [-0.39, 0.29) is 10.8 Å². The topological polar surface area (TPSA) is 0 Å². The van der Waals surface area contributed by atoms with Crippen molar-refractivity contribution in [1.29, 1.82) is 0 Å². The number of allylic oxidation sites excluding steroid dienone is 4. The average molecular weight is 389 g/mol. The summed E-state index contributed by atoms with van der Waals surface area (Å²) in [6, 6.07) is 19.1. The lowest BCUT2D eigenvalue weighted by atomic mass is 9.75. The molecule has 0 amide bonds. The monoisotopic (exact) mass is 388 g/mol. The third-order valence-corrected chi connectivity index (χ3v) is 5.88. The Morgan fingerprint density at radius 1 is 0.964 bits per heavy atom. The van der Waals surface area contributed by atoms with E-state index in [1.165, 1.54) is 23.1 Å².